The highest BCUT2D eigenvalue weighted by Crippen LogP contribution is 2.38. The summed E-state index contributed by atoms with van der Waals surface area (Å²) in [7, 11) is 0. The maximum atomic E-state index is 13.5. The Bertz CT molecular complexity index is 494. The van der Waals surface area contributed by atoms with Gasteiger partial charge in [0.1, 0.15) is 5.82 Å². The SMILES string of the molecule is O=C(N[C@@H]1C[C@@H]2OCC[C@@H]21)c1cc(Cl)ccc1F. The van der Waals surface area contributed by atoms with Crippen LogP contribution in [0, 0.1) is 11.7 Å². The highest BCUT2D eigenvalue weighted by molar-refractivity contribution is 6.31. The van der Waals surface area contributed by atoms with Crippen LogP contribution in [0.4, 0.5) is 4.39 Å². The zero-order valence-corrected chi connectivity index (χ0v) is 10.4. The van der Waals surface area contributed by atoms with E-state index in [-0.39, 0.29) is 17.7 Å². The van der Waals surface area contributed by atoms with Gasteiger partial charge >= 0.3 is 0 Å². The van der Waals surface area contributed by atoms with E-state index in [4.69, 9.17) is 16.3 Å². The van der Waals surface area contributed by atoms with Crippen LogP contribution in [0.1, 0.15) is 23.2 Å². The molecule has 1 aromatic rings. The lowest BCUT2D eigenvalue weighted by molar-refractivity contribution is 0.00805. The summed E-state index contributed by atoms with van der Waals surface area (Å²) < 4.78 is 19.0. The fourth-order valence-electron chi connectivity index (χ4n) is 2.68. The van der Waals surface area contributed by atoms with Gasteiger partial charge in [0.05, 0.1) is 11.7 Å². The van der Waals surface area contributed by atoms with Gasteiger partial charge in [0.25, 0.3) is 5.91 Å². The van der Waals surface area contributed by atoms with Crippen molar-refractivity contribution in [1.82, 2.24) is 5.32 Å². The molecule has 0 radical (unpaired) electrons. The summed E-state index contributed by atoms with van der Waals surface area (Å²) in [4.78, 5) is 12.0. The van der Waals surface area contributed by atoms with Gasteiger partial charge in [-0.05, 0) is 31.0 Å². The van der Waals surface area contributed by atoms with Crippen LogP contribution >= 0.6 is 11.6 Å². The molecular formula is C13H13ClFNO2. The van der Waals surface area contributed by atoms with Crippen LogP contribution in [0.25, 0.3) is 0 Å². The van der Waals surface area contributed by atoms with Crippen LogP contribution < -0.4 is 5.32 Å². The Kier molecular flexibility index (Phi) is 2.99. The van der Waals surface area contributed by atoms with Gasteiger partial charge < -0.3 is 10.1 Å². The third-order valence-electron chi connectivity index (χ3n) is 3.75. The number of hydrogen-bond donors (Lipinski definition) is 1. The maximum absolute atomic E-state index is 13.5. The van der Waals surface area contributed by atoms with Crippen molar-refractivity contribution in [3.63, 3.8) is 0 Å². The number of rotatable bonds is 2. The summed E-state index contributed by atoms with van der Waals surface area (Å²) in [6.45, 7) is 0.757. The molecule has 1 heterocycles. The molecule has 1 saturated carbocycles. The molecule has 2 fully saturated rings. The number of carbonyl (C=O) groups excluding carboxylic acids is 1. The van der Waals surface area contributed by atoms with Crippen LogP contribution in [-0.2, 0) is 4.74 Å². The van der Waals surface area contributed by atoms with Crippen molar-refractivity contribution in [2.24, 2.45) is 5.92 Å². The minimum Gasteiger partial charge on any atom is -0.378 e. The second-order valence-corrected chi connectivity index (χ2v) is 5.24. The number of hydrogen-bond acceptors (Lipinski definition) is 2. The quantitative estimate of drug-likeness (QED) is 0.895. The van der Waals surface area contributed by atoms with Gasteiger partial charge in [-0.2, -0.15) is 0 Å². The van der Waals surface area contributed by atoms with Gasteiger partial charge in [-0.3, -0.25) is 4.79 Å². The lowest BCUT2D eigenvalue weighted by Gasteiger charge is -2.39. The Balaban J connectivity index is 1.69. The number of nitrogens with one attached hydrogen (secondary N) is 1. The highest BCUT2D eigenvalue weighted by Gasteiger charge is 2.45. The van der Waals surface area contributed by atoms with Gasteiger partial charge in [-0.25, -0.2) is 4.39 Å². The molecule has 3 atom stereocenters. The lowest BCUT2D eigenvalue weighted by atomic mass is 9.76. The Labute approximate surface area is 109 Å². The number of fused-ring (bicyclic) bond motifs is 1. The highest BCUT2D eigenvalue weighted by atomic mass is 35.5. The van der Waals surface area contributed by atoms with Crippen LogP contribution in [0.5, 0.6) is 0 Å². The lowest BCUT2D eigenvalue weighted by Crippen LogP contribution is -2.53. The molecule has 1 N–H and O–H groups in total. The van der Waals surface area contributed by atoms with E-state index in [0.29, 0.717) is 10.9 Å². The maximum Gasteiger partial charge on any atom is 0.254 e. The first-order valence-electron chi connectivity index (χ1n) is 6.02. The number of ether oxygens (including phenoxy) is 1. The van der Waals surface area contributed by atoms with Gasteiger partial charge in [0.2, 0.25) is 0 Å². The largest absolute Gasteiger partial charge is 0.378 e. The molecule has 1 saturated heterocycles. The molecule has 1 aromatic carbocycles. The zero-order valence-electron chi connectivity index (χ0n) is 9.66. The fourth-order valence-corrected chi connectivity index (χ4v) is 2.85. The molecule has 0 aromatic heterocycles. The summed E-state index contributed by atoms with van der Waals surface area (Å²) in [5, 5.41) is 3.21. The molecule has 3 rings (SSSR count). The second kappa shape index (κ2) is 4.52. The van der Waals surface area contributed by atoms with Crippen LogP contribution in [-0.4, -0.2) is 24.7 Å². The van der Waals surface area contributed by atoms with Crippen molar-refractivity contribution in [2.75, 3.05) is 6.61 Å². The molecule has 96 valence electrons. The van der Waals surface area contributed by atoms with Crippen LogP contribution in [0.15, 0.2) is 18.2 Å². The predicted molar refractivity (Wildman–Crippen MR) is 65.1 cm³/mol. The first-order chi connectivity index (χ1) is 8.65. The molecule has 0 unspecified atom stereocenters. The van der Waals surface area contributed by atoms with E-state index in [0.717, 1.165) is 19.4 Å². The Morgan fingerprint density at radius 3 is 3.11 bits per heavy atom. The van der Waals surface area contributed by atoms with Gasteiger partial charge in [0.15, 0.2) is 0 Å². The third kappa shape index (κ3) is 1.99. The van der Waals surface area contributed by atoms with Crippen molar-refractivity contribution in [1.29, 1.82) is 0 Å². The summed E-state index contributed by atoms with van der Waals surface area (Å²) in [6, 6.07) is 4.09. The molecule has 0 bridgehead atoms. The predicted octanol–water partition coefficient (Wildman–Crippen LogP) is 2.39. The van der Waals surface area contributed by atoms with E-state index in [1.54, 1.807) is 0 Å². The van der Waals surface area contributed by atoms with E-state index >= 15 is 0 Å². The van der Waals surface area contributed by atoms with E-state index in [2.05, 4.69) is 5.32 Å². The number of amides is 1. The van der Waals surface area contributed by atoms with Crippen molar-refractivity contribution < 1.29 is 13.9 Å². The fraction of sp³-hybridized carbons (Fsp3) is 0.462. The topological polar surface area (TPSA) is 38.3 Å². The Hall–Kier alpha value is -1.13. The Morgan fingerprint density at radius 1 is 1.50 bits per heavy atom. The standard InChI is InChI=1S/C13H13ClFNO2/c14-7-1-2-10(15)9(5-7)13(17)16-11-6-12-8(11)3-4-18-12/h1-2,5,8,11-12H,3-4,6H2,(H,16,17)/t8-,11-,12+/m1/s1. The smallest absolute Gasteiger partial charge is 0.254 e. The van der Waals surface area contributed by atoms with Crippen molar-refractivity contribution in [3.8, 4) is 0 Å². The van der Waals surface area contributed by atoms with Crippen molar-refractivity contribution in [3.05, 3.63) is 34.6 Å². The number of benzene rings is 1. The van der Waals surface area contributed by atoms with E-state index < -0.39 is 11.7 Å². The number of carbonyl (C=O) groups is 1. The van der Waals surface area contributed by atoms with Crippen molar-refractivity contribution >= 4 is 17.5 Å². The second-order valence-electron chi connectivity index (χ2n) is 4.80. The van der Waals surface area contributed by atoms with Gasteiger partial charge in [0, 0.05) is 23.6 Å². The number of halogens is 2. The molecular weight excluding hydrogens is 257 g/mol. The molecule has 18 heavy (non-hydrogen) atoms. The first kappa shape index (κ1) is 11.9. The molecule has 0 spiro atoms. The van der Waals surface area contributed by atoms with Gasteiger partial charge in [-0.15, -0.1) is 0 Å². The normalized spacial score (nSPS) is 29.6. The monoisotopic (exact) mass is 269 g/mol. The van der Waals surface area contributed by atoms with E-state index in [1.807, 2.05) is 0 Å². The average molecular weight is 270 g/mol. The van der Waals surface area contributed by atoms with Gasteiger partial charge in [-0.1, -0.05) is 11.6 Å². The van der Waals surface area contributed by atoms with E-state index in [9.17, 15) is 9.18 Å². The minimum absolute atomic E-state index is 0.00450. The molecule has 1 aliphatic heterocycles. The summed E-state index contributed by atoms with van der Waals surface area (Å²) in [5.41, 5.74) is 0.00450. The molecule has 5 heteroatoms. The van der Waals surface area contributed by atoms with Crippen LogP contribution in [0.3, 0.4) is 0 Å². The molecule has 1 aliphatic carbocycles. The summed E-state index contributed by atoms with van der Waals surface area (Å²) in [5.74, 6) is -0.558. The zero-order chi connectivity index (χ0) is 12.7. The van der Waals surface area contributed by atoms with E-state index in [1.165, 1.54) is 18.2 Å². The molecule has 2 aliphatic rings. The van der Waals surface area contributed by atoms with Crippen LogP contribution in [0.2, 0.25) is 5.02 Å². The first-order valence-corrected chi connectivity index (χ1v) is 6.40. The summed E-state index contributed by atoms with van der Waals surface area (Å²) in [6.07, 6.45) is 2.06. The molecule has 3 nitrogen and oxygen atoms in total. The third-order valence-corrected chi connectivity index (χ3v) is 3.99. The Morgan fingerprint density at radius 2 is 2.33 bits per heavy atom. The minimum atomic E-state index is -0.546. The molecule has 1 amide bonds. The summed E-state index contributed by atoms with van der Waals surface area (Å²) >= 11 is 5.77. The van der Waals surface area contributed by atoms with Crippen molar-refractivity contribution in [2.45, 2.75) is 25.0 Å². The average Bonchev–Trinajstić information content (AvgIpc) is 2.70.